The van der Waals surface area contributed by atoms with E-state index in [0.29, 0.717) is 16.5 Å². The van der Waals surface area contributed by atoms with Gasteiger partial charge in [0.05, 0.1) is 18.2 Å². The fourth-order valence-corrected chi connectivity index (χ4v) is 1.81. The molecule has 0 aliphatic carbocycles. The second kappa shape index (κ2) is 4.21. The molecule has 0 aliphatic heterocycles. The zero-order valence-corrected chi connectivity index (χ0v) is 10.4. The molecule has 0 fully saturated rings. The van der Waals surface area contributed by atoms with Gasteiger partial charge >= 0.3 is 5.97 Å². The number of aromatic amines is 1. The number of carbonyl (C=O) groups is 1. The molecule has 1 aromatic heterocycles. The summed E-state index contributed by atoms with van der Waals surface area (Å²) < 4.78 is 4.63. The van der Waals surface area contributed by atoms with Crippen molar-refractivity contribution in [2.75, 3.05) is 7.11 Å². The standard InChI is InChI=1S/C11H8BrNO4/c1-17-11(16)5-2-3-6-7(4-5)13-10(15)8(12)9(6)14/h2-4H,1H3,(H2,13,14,15). The third-order valence-electron chi connectivity index (χ3n) is 2.35. The van der Waals surface area contributed by atoms with Crippen LogP contribution in [0.15, 0.2) is 27.5 Å². The average molecular weight is 298 g/mol. The minimum absolute atomic E-state index is 0.0656. The number of esters is 1. The first-order valence-electron chi connectivity index (χ1n) is 4.67. The van der Waals surface area contributed by atoms with Crippen molar-refractivity contribution in [1.82, 2.24) is 4.98 Å². The number of methoxy groups -OCH3 is 1. The van der Waals surface area contributed by atoms with Crippen LogP contribution in [0.4, 0.5) is 0 Å². The van der Waals surface area contributed by atoms with Gasteiger partial charge in [-0.3, -0.25) is 4.79 Å². The number of aromatic nitrogens is 1. The summed E-state index contributed by atoms with van der Waals surface area (Å²) in [5.41, 5.74) is 0.216. The van der Waals surface area contributed by atoms with Crippen molar-refractivity contribution >= 4 is 32.8 Å². The highest BCUT2D eigenvalue weighted by Gasteiger charge is 2.12. The number of ether oxygens (including phenoxy) is 1. The Hall–Kier alpha value is -1.82. The predicted octanol–water partition coefficient (Wildman–Crippen LogP) is 1.78. The minimum atomic E-state index is -0.504. The van der Waals surface area contributed by atoms with Crippen LogP contribution in [-0.2, 0) is 4.74 Å². The number of benzene rings is 1. The first-order chi connectivity index (χ1) is 8.04. The predicted molar refractivity (Wildman–Crippen MR) is 65.3 cm³/mol. The van der Waals surface area contributed by atoms with E-state index in [1.807, 2.05) is 0 Å². The molecule has 0 saturated heterocycles. The van der Waals surface area contributed by atoms with Gasteiger partial charge in [0, 0.05) is 5.39 Å². The van der Waals surface area contributed by atoms with Crippen LogP contribution in [0.1, 0.15) is 10.4 Å². The van der Waals surface area contributed by atoms with Crippen molar-refractivity contribution in [1.29, 1.82) is 0 Å². The number of rotatable bonds is 1. The molecule has 2 N–H and O–H groups in total. The quantitative estimate of drug-likeness (QED) is 0.787. The minimum Gasteiger partial charge on any atom is -0.506 e. The van der Waals surface area contributed by atoms with E-state index >= 15 is 0 Å². The molecule has 0 unspecified atom stereocenters. The van der Waals surface area contributed by atoms with Crippen molar-refractivity contribution in [2.24, 2.45) is 0 Å². The Kier molecular flexibility index (Phi) is 2.89. The first-order valence-corrected chi connectivity index (χ1v) is 5.46. The molecule has 0 spiro atoms. The molecule has 0 bridgehead atoms. The van der Waals surface area contributed by atoms with Crippen LogP contribution in [0, 0.1) is 0 Å². The summed E-state index contributed by atoms with van der Waals surface area (Å²) in [6.45, 7) is 0. The summed E-state index contributed by atoms with van der Waals surface area (Å²) in [6.07, 6.45) is 0. The van der Waals surface area contributed by atoms with E-state index in [4.69, 9.17) is 0 Å². The Morgan fingerprint density at radius 3 is 2.82 bits per heavy atom. The number of carbonyl (C=O) groups excluding carboxylic acids is 1. The highest BCUT2D eigenvalue weighted by molar-refractivity contribution is 9.10. The molecule has 0 saturated carbocycles. The number of fused-ring (bicyclic) bond motifs is 1. The van der Waals surface area contributed by atoms with Crippen LogP contribution < -0.4 is 5.56 Å². The Balaban J connectivity index is 2.75. The third-order valence-corrected chi connectivity index (χ3v) is 3.09. The topological polar surface area (TPSA) is 79.4 Å². The van der Waals surface area contributed by atoms with Gasteiger partial charge in [-0.1, -0.05) is 0 Å². The molecule has 5 nitrogen and oxygen atoms in total. The smallest absolute Gasteiger partial charge is 0.337 e. The molecular formula is C11H8BrNO4. The van der Waals surface area contributed by atoms with E-state index in [2.05, 4.69) is 25.7 Å². The number of hydrogen-bond acceptors (Lipinski definition) is 4. The summed E-state index contributed by atoms with van der Waals surface area (Å²) in [5.74, 6) is -0.657. The zero-order chi connectivity index (χ0) is 12.6. The van der Waals surface area contributed by atoms with E-state index in [9.17, 15) is 14.7 Å². The van der Waals surface area contributed by atoms with Crippen molar-refractivity contribution in [3.8, 4) is 5.75 Å². The summed E-state index contributed by atoms with van der Waals surface area (Å²) >= 11 is 2.98. The van der Waals surface area contributed by atoms with Gasteiger partial charge in [-0.15, -0.1) is 0 Å². The summed E-state index contributed by atoms with van der Waals surface area (Å²) in [4.78, 5) is 25.3. The van der Waals surface area contributed by atoms with E-state index < -0.39 is 11.5 Å². The number of pyridine rings is 1. The van der Waals surface area contributed by atoms with Crippen LogP contribution in [0.25, 0.3) is 10.9 Å². The second-order valence-electron chi connectivity index (χ2n) is 3.37. The van der Waals surface area contributed by atoms with E-state index in [1.165, 1.54) is 25.3 Å². The van der Waals surface area contributed by atoms with Crippen LogP contribution in [0.5, 0.6) is 5.75 Å². The molecule has 0 aliphatic rings. The number of halogens is 1. The Morgan fingerprint density at radius 1 is 1.47 bits per heavy atom. The van der Waals surface area contributed by atoms with Crippen molar-refractivity contribution in [2.45, 2.75) is 0 Å². The van der Waals surface area contributed by atoms with Gasteiger partial charge in [0.25, 0.3) is 5.56 Å². The fraction of sp³-hybridized carbons (Fsp3) is 0.0909. The van der Waals surface area contributed by atoms with Crippen LogP contribution in [0.2, 0.25) is 0 Å². The van der Waals surface area contributed by atoms with Gasteiger partial charge < -0.3 is 14.8 Å². The van der Waals surface area contributed by atoms with Gasteiger partial charge in [-0.05, 0) is 34.1 Å². The van der Waals surface area contributed by atoms with E-state index in [0.717, 1.165) is 0 Å². The normalized spacial score (nSPS) is 10.5. The second-order valence-corrected chi connectivity index (χ2v) is 4.16. The SMILES string of the molecule is COC(=O)c1ccc2c(O)c(Br)c(=O)[nH]c2c1. The molecule has 0 amide bonds. The maximum absolute atomic E-state index is 11.4. The molecular weight excluding hydrogens is 290 g/mol. The average Bonchev–Trinajstić information content (AvgIpc) is 2.34. The highest BCUT2D eigenvalue weighted by atomic mass is 79.9. The van der Waals surface area contributed by atoms with Crippen LogP contribution >= 0.6 is 15.9 Å². The Morgan fingerprint density at radius 2 is 2.18 bits per heavy atom. The molecule has 2 aromatic rings. The molecule has 88 valence electrons. The Labute approximate surface area is 104 Å². The summed E-state index contributed by atoms with van der Waals surface area (Å²) in [7, 11) is 1.27. The van der Waals surface area contributed by atoms with Gasteiger partial charge in [-0.2, -0.15) is 0 Å². The molecule has 2 rings (SSSR count). The molecule has 17 heavy (non-hydrogen) atoms. The maximum Gasteiger partial charge on any atom is 0.337 e. The number of H-pyrrole nitrogens is 1. The van der Waals surface area contributed by atoms with E-state index in [-0.39, 0.29) is 10.2 Å². The third kappa shape index (κ3) is 1.91. The van der Waals surface area contributed by atoms with Crippen molar-refractivity contribution < 1.29 is 14.6 Å². The first kappa shape index (κ1) is 11.7. The molecule has 0 atom stereocenters. The van der Waals surface area contributed by atoms with Gasteiger partial charge in [-0.25, -0.2) is 4.79 Å². The summed E-state index contributed by atoms with van der Waals surface area (Å²) in [6, 6.07) is 4.50. The highest BCUT2D eigenvalue weighted by Crippen LogP contribution is 2.28. The molecule has 6 heteroatoms. The number of hydrogen-bond donors (Lipinski definition) is 2. The van der Waals surface area contributed by atoms with Gasteiger partial charge in [0.15, 0.2) is 0 Å². The van der Waals surface area contributed by atoms with Crippen molar-refractivity contribution in [3.05, 3.63) is 38.6 Å². The van der Waals surface area contributed by atoms with Gasteiger partial charge in [0.1, 0.15) is 10.2 Å². The fourth-order valence-electron chi connectivity index (χ4n) is 1.50. The lowest BCUT2D eigenvalue weighted by atomic mass is 10.1. The van der Waals surface area contributed by atoms with E-state index in [1.54, 1.807) is 0 Å². The monoisotopic (exact) mass is 297 g/mol. The van der Waals surface area contributed by atoms with Gasteiger partial charge in [0.2, 0.25) is 0 Å². The molecule has 1 aromatic carbocycles. The number of aromatic hydroxyl groups is 1. The van der Waals surface area contributed by atoms with Crippen LogP contribution in [-0.4, -0.2) is 23.2 Å². The lowest BCUT2D eigenvalue weighted by Crippen LogP contribution is -2.08. The Bertz CT molecular complexity index is 662. The van der Waals surface area contributed by atoms with Crippen molar-refractivity contribution in [3.63, 3.8) is 0 Å². The lowest BCUT2D eigenvalue weighted by molar-refractivity contribution is 0.0601. The van der Waals surface area contributed by atoms with Crippen LogP contribution in [0.3, 0.4) is 0 Å². The largest absolute Gasteiger partial charge is 0.506 e. The number of nitrogens with one attached hydrogen (secondary N) is 1. The lowest BCUT2D eigenvalue weighted by Gasteiger charge is -2.04. The molecule has 1 heterocycles. The molecule has 0 radical (unpaired) electrons. The zero-order valence-electron chi connectivity index (χ0n) is 8.78. The summed E-state index contributed by atoms with van der Waals surface area (Å²) in [5, 5.41) is 10.2. The maximum atomic E-state index is 11.4.